The second kappa shape index (κ2) is 22.6. The second-order valence-corrected chi connectivity index (χ2v) is 39.0. The molecule has 530 valence electrons. The van der Waals surface area contributed by atoms with E-state index >= 15 is 0 Å². The Kier molecular flexibility index (Phi) is 14.0. The van der Waals surface area contributed by atoms with E-state index in [-0.39, 0.29) is 56.2 Å². The number of hydrogen-bond donors (Lipinski definition) is 0. The van der Waals surface area contributed by atoms with Crippen molar-refractivity contribution in [2.45, 2.75) is 181 Å². The number of rotatable bonds is 4. The van der Waals surface area contributed by atoms with Crippen LogP contribution in [-0.4, -0.2) is 0 Å². The molecule has 6 aliphatic rings. The molecule has 22 rings (SSSR count). The molecule has 0 heterocycles. The van der Waals surface area contributed by atoms with Crippen LogP contribution in [0.3, 0.4) is 0 Å². The first-order chi connectivity index (χ1) is 51.4. The SMILES string of the molecule is CC(C)(C)c1ccc(-c2c3cc4c(cc3c(-c3ccc(C(C)(C)C)cc3)c3c5cc(C(C)(C)C)cc6c7c(-c8ccc(C(C)(C)C)cc8)c8cc9c(cc8c(-c8ccc(C(C)(C)C)cc8)c7c7cc(C(C)(C)C)cc(c23)c7c56)C2c3ccccc3C9c3ccccc32)C2c3ccccc3C4c3ccccc32)cc1. The normalized spacial score (nSPS) is 16.8. The minimum atomic E-state index is -0.269. The molecule has 16 aromatic carbocycles. The fourth-order valence-electron chi connectivity index (χ4n) is 20.6. The van der Waals surface area contributed by atoms with Gasteiger partial charge in [0.1, 0.15) is 0 Å². The highest BCUT2D eigenvalue weighted by Gasteiger charge is 2.45. The molecule has 4 bridgehead atoms. The molecule has 0 nitrogen and oxygen atoms in total. The van der Waals surface area contributed by atoms with Crippen LogP contribution in [0, 0.1) is 0 Å². The maximum Gasteiger partial charge on any atom is 0.0349 e. The monoisotopic (exact) mass is 1390 g/mol. The Morgan fingerprint density at radius 1 is 0.157 bits per heavy atom. The first-order valence-electron chi connectivity index (χ1n) is 39.9. The summed E-state index contributed by atoms with van der Waals surface area (Å²) in [5, 5.41) is 18.5. The molecular formula is C108H98. The van der Waals surface area contributed by atoms with Gasteiger partial charge in [0, 0.05) is 23.7 Å². The number of fused-ring (bicyclic) bond motifs is 8. The molecule has 0 heteroatoms. The third-order valence-electron chi connectivity index (χ3n) is 26.2. The summed E-state index contributed by atoms with van der Waals surface area (Å²) in [6, 6.07) is 98.9. The zero-order chi connectivity index (χ0) is 74.7. The van der Waals surface area contributed by atoms with Crippen molar-refractivity contribution in [3.05, 3.63) is 343 Å². The van der Waals surface area contributed by atoms with Crippen molar-refractivity contribution in [1.82, 2.24) is 0 Å². The molecule has 108 heavy (non-hydrogen) atoms. The molecule has 0 unspecified atom stereocenters. The van der Waals surface area contributed by atoms with Crippen molar-refractivity contribution in [2.75, 3.05) is 0 Å². The standard InChI is InChI=1S/C108H98/c1-103(2,3)63-43-35-59(36-44-63)89-77-55-81-82(94-71-29-21-19-27-69(71)93(81)70-28-20-22-30-72(70)94)56-78(77)90(60-37-45-64(46-38-60)104(4,5)6)100-86-52-68(108(16,17)18)54-88-98(86)97-85(99(89)100)51-67(107(13,14)15)53-87(97)101-91(61-39-47-65(48-40-61)105(7,8)9)79-57-83-84(58-80(79)92(102(88)101)62-41-49-66(50-42-62)106(10,11)12)96-75-33-25-23-31-73(75)95(83)74-32-24-26-34-76(74)96/h19-58,93-96H,1-18H3. The molecule has 6 aliphatic carbocycles. The third-order valence-corrected chi connectivity index (χ3v) is 26.2. The molecule has 0 aliphatic heterocycles. The predicted molar refractivity (Wildman–Crippen MR) is 464 cm³/mol. The summed E-state index contributed by atoms with van der Waals surface area (Å²) in [5.74, 6) is 0.350. The van der Waals surface area contributed by atoms with Crippen LogP contribution in [0.2, 0.25) is 0 Å². The van der Waals surface area contributed by atoms with Crippen LogP contribution in [0.4, 0.5) is 0 Å². The zero-order valence-electron chi connectivity index (χ0n) is 66.4. The first-order valence-corrected chi connectivity index (χ1v) is 39.9. The smallest absolute Gasteiger partial charge is 0.0349 e. The topological polar surface area (TPSA) is 0 Å². The van der Waals surface area contributed by atoms with Gasteiger partial charge >= 0.3 is 0 Å². The van der Waals surface area contributed by atoms with Gasteiger partial charge in [-0.3, -0.25) is 0 Å². The lowest BCUT2D eigenvalue weighted by atomic mass is 9.60. The Bertz CT molecular complexity index is 5670. The maximum atomic E-state index is 2.73. The van der Waals surface area contributed by atoms with Gasteiger partial charge < -0.3 is 0 Å². The predicted octanol–water partition coefficient (Wildman–Crippen LogP) is 29.6. The highest BCUT2D eigenvalue weighted by Crippen LogP contribution is 2.64. The minimum Gasteiger partial charge on any atom is -0.0619 e. The van der Waals surface area contributed by atoms with E-state index < -0.39 is 0 Å². The van der Waals surface area contributed by atoms with Gasteiger partial charge in [-0.2, -0.15) is 0 Å². The van der Waals surface area contributed by atoms with Crippen molar-refractivity contribution >= 4 is 75.4 Å². The van der Waals surface area contributed by atoms with Crippen LogP contribution in [0.25, 0.3) is 120 Å². The van der Waals surface area contributed by atoms with Gasteiger partial charge in [0.05, 0.1) is 0 Å². The molecule has 16 aromatic rings. The summed E-state index contributed by atoms with van der Waals surface area (Å²) in [4.78, 5) is 0. The summed E-state index contributed by atoms with van der Waals surface area (Å²) < 4.78 is 0. The van der Waals surface area contributed by atoms with Crippen molar-refractivity contribution in [2.24, 2.45) is 0 Å². The van der Waals surface area contributed by atoms with Gasteiger partial charge in [-0.05, 0) is 301 Å². The number of hydrogen-bond acceptors (Lipinski definition) is 0. The lowest BCUT2D eigenvalue weighted by molar-refractivity contribution is 0.590. The largest absolute Gasteiger partial charge is 0.0619 e. The molecule has 0 fully saturated rings. The average molecular weight is 1400 g/mol. The van der Waals surface area contributed by atoms with E-state index in [1.807, 2.05) is 0 Å². The van der Waals surface area contributed by atoms with E-state index in [0.717, 1.165) is 0 Å². The highest BCUT2D eigenvalue weighted by atomic mass is 14.5. The Morgan fingerprint density at radius 2 is 0.324 bits per heavy atom. The van der Waals surface area contributed by atoms with Gasteiger partial charge in [-0.25, -0.2) is 0 Å². The fraction of sp³-hybridized carbons (Fsp3) is 0.259. The van der Waals surface area contributed by atoms with Crippen molar-refractivity contribution in [3.63, 3.8) is 0 Å². The van der Waals surface area contributed by atoms with E-state index in [1.54, 1.807) is 0 Å². The van der Waals surface area contributed by atoms with Crippen LogP contribution >= 0.6 is 0 Å². The van der Waals surface area contributed by atoms with Gasteiger partial charge in [0.15, 0.2) is 0 Å². The molecule has 0 radical (unpaired) electrons. The molecule has 0 atom stereocenters. The van der Waals surface area contributed by atoms with Crippen molar-refractivity contribution in [3.8, 4) is 44.5 Å². The lowest BCUT2D eigenvalue weighted by Gasteiger charge is -2.42. The van der Waals surface area contributed by atoms with E-state index in [1.165, 1.54) is 220 Å². The Balaban J connectivity index is 1.07. The van der Waals surface area contributed by atoms with E-state index in [4.69, 9.17) is 0 Å². The van der Waals surface area contributed by atoms with Gasteiger partial charge in [0.25, 0.3) is 0 Å². The summed E-state index contributed by atoms with van der Waals surface area (Å²) in [5.41, 5.74) is 34.7. The summed E-state index contributed by atoms with van der Waals surface area (Å²) >= 11 is 0. The fourth-order valence-corrected chi connectivity index (χ4v) is 20.6. The highest BCUT2D eigenvalue weighted by molar-refractivity contribution is 6.48. The second-order valence-electron chi connectivity index (χ2n) is 39.0. The molecule has 0 aromatic heterocycles. The van der Waals surface area contributed by atoms with Gasteiger partial charge in [0.2, 0.25) is 0 Å². The molecule has 0 saturated heterocycles. The van der Waals surface area contributed by atoms with Crippen LogP contribution in [-0.2, 0) is 32.5 Å². The molecule has 0 spiro atoms. The van der Waals surface area contributed by atoms with E-state index in [0.29, 0.717) is 0 Å². The number of benzene rings is 16. The Morgan fingerprint density at radius 3 is 0.481 bits per heavy atom. The zero-order valence-corrected chi connectivity index (χ0v) is 66.4. The summed E-state index contributed by atoms with van der Waals surface area (Å²) in [6.07, 6.45) is 0. The molecular weight excluding hydrogens is 1300 g/mol. The quantitative estimate of drug-likeness (QED) is 0.122. The Hall–Kier alpha value is -10.4. The average Bonchev–Trinajstić information content (AvgIpc) is 0.666. The van der Waals surface area contributed by atoms with Crippen molar-refractivity contribution in [1.29, 1.82) is 0 Å². The van der Waals surface area contributed by atoms with Crippen LogP contribution in [0.1, 0.15) is 248 Å². The summed E-state index contributed by atoms with van der Waals surface area (Å²) in [7, 11) is 0. The third kappa shape index (κ3) is 9.66. The molecule has 0 amide bonds. The molecule has 0 saturated carbocycles. The minimum absolute atomic E-state index is 0.0509. The van der Waals surface area contributed by atoms with Gasteiger partial charge in [-0.15, -0.1) is 0 Å². The van der Waals surface area contributed by atoms with Crippen LogP contribution < -0.4 is 0 Å². The van der Waals surface area contributed by atoms with Crippen LogP contribution in [0.15, 0.2) is 243 Å². The van der Waals surface area contributed by atoms with E-state index in [2.05, 4.69) is 367 Å². The molecule has 0 N–H and O–H groups in total. The Labute approximate surface area is 639 Å². The lowest BCUT2D eigenvalue weighted by Crippen LogP contribution is -2.27. The van der Waals surface area contributed by atoms with Crippen molar-refractivity contribution < 1.29 is 0 Å². The van der Waals surface area contributed by atoms with Gasteiger partial charge in [-0.1, -0.05) is 319 Å². The van der Waals surface area contributed by atoms with E-state index in [9.17, 15) is 0 Å². The first kappa shape index (κ1) is 67.0. The maximum absolute atomic E-state index is 2.73. The summed E-state index contributed by atoms with van der Waals surface area (Å²) in [6.45, 7) is 43.1. The van der Waals surface area contributed by atoms with Crippen LogP contribution in [0.5, 0.6) is 0 Å².